The molecule has 2 aliphatic heterocycles. The van der Waals surface area contributed by atoms with Gasteiger partial charge in [-0.1, -0.05) is 6.07 Å². The summed E-state index contributed by atoms with van der Waals surface area (Å²) in [6.07, 6.45) is 2.51. The molecule has 3 nitrogen and oxygen atoms in total. The van der Waals surface area contributed by atoms with Crippen LogP contribution < -0.4 is 0 Å². The number of carbonyl (C=O) groups is 1. The maximum Gasteiger partial charge on any atom is 0.255 e. The Morgan fingerprint density at radius 2 is 2.16 bits per heavy atom. The van der Waals surface area contributed by atoms with Crippen LogP contribution in [0.1, 0.15) is 28.8 Å². The van der Waals surface area contributed by atoms with E-state index in [-0.39, 0.29) is 5.91 Å². The van der Waals surface area contributed by atoms with E-state index in [1.807, 2.05) is 30.0 Å². The minimum absolute atomic E-state index is 0.165. The van der Waals surface area contributed by atoms with E-state index in [9.17, 15) is 4.79 Å². The van der Waals surface area contributed by atoms with Gasteiger partial charge in [0, 0.05) is 30.1 Å². The van der Waals surface area contributed by atoms with Crippen molar-refractivity contribution in [1.29, 1.82) is 0 Å². The van der Waals surface area contributed by atoms with E-state index in [2.05, 4.69) is 20.8 Å². The third kappa shape index (κ3) is 2.56. The van der Waals surface area contributed by atoms with Crippen LogP contribution in [-0.4, -0.2) is 47.9 Å². The van der Waals surface area contributed by atoms with Gasteiger partial charge in [0.05, 0.1) is 5.56 Å². The lowest BCUT2D eigenvalue weighted by atomic mass is 10.1. The Morgan fingerprint density at radius 3 is 2.95 bits per heavy atom. The lowest BCUT2D eigenvalue weighted by Crippen LogP contribution is -2.52. The zero-order valence-corrected chi connectivity index (χ0v) is 12.8. The summed E-state index contributed by atoms with van der Waals surface area (Å²) in [4.78, 5) is 17.1. The Kier molecular flexibility index (Phi) is 3.63. The van der Waals surface area contributed by atoms with Gasteiger partial charge in [-0.25, -0.2) is 0 Å². The number of hydrogen-bond donors (Lipinski definition) is 0. The quantitative estimate of drug-likeness (QED) is 0.793. The molecule has 1 amide bonds. The Balaban J connectivity index is 1.76. The molecule has 0 radical (unpaired) electrons. The molecule has 2 fully saturated rings. The molecule has 2 aliphatic rings. The summed E-state index contributed by atoms with van der Waals surface area (Å²) >= 11 is 3.51. The first-order valence-corrected chi connectivity index (χ1v) is 7.74. The Labute approximate surface area is 122 Å². The standard InChI is InChI=1S/C15H19BrN2O/c1-11-4-5-13(14(16)9-11)15(19)18-8-7-17-6-2-3-12(17)10-18/h4-5,9,12H,2-3,6-8,10H2,1H3. The Hall–Kier alpha value is -0.870. The van der Waals surface area contributed by atoms with Crippen LogP contribution in [0.25, 0.3) is 0 Å². The summed E-state index contributed by atoms with van der Waals surface area (Å²) in [6.45, 7) is 6.02. The third-order valence-electron chi connectivity index (χ3n) is 4.23. The molecule has 1 aromatic carbocycles. The van der Waals surface area contributed by atoms with Crippen LogP contribution in [0.5, 0.6) is 0 Å². The van der Waals surface area contributed by atoms with Crippen LogP contribution >= 0.6 is 15.9 Å². The molecule has 3 rings (SSSR count). The molecular weight excluding hydrogens is 304 g/mol. The molecule has 102 valence electrons. The number of aryl methyl sites for hydroxylation is 1. The highest BCUT2D eigenvalue weighted by atomic mass is 79.9. The normalized spacial score (nSPS) is 23.5. The minimum atomic E-state index is 0.165. The second-order valence-corrected chi connectivity index (χ2v) is 6.42. The molecule has 1 unspecified atom stereocenters. The van der Waals surface area contributed by atoms with Gasteiger partial charge in [0.25, 0.3) is 5.91 Å². The van der Waals surface area contributed by atoms with E-state index >= 15 is 0 Å². The molecular formula is C15H19BrN2O. The minimum Gasteiger partial charge on any atom is -0.336 e. The summed E-state index contributed by atoms with van der Waals surface area (Å²) in [5.41, 5.74) is 1.96. The first kappa shape index (κ1) is 13.1. The predicted molar refractivity (Wildman–Crippen MR) is 79.4 cm³/mol. The van der Waals surface area contributed by atoms with Gasteiger partial charge in [-0.2, -0.15) is 0 Å². The summed E-state index contributed by atoms with van der Waals surface area (Å²) in [7, 11) is 0. The molecule has 0 spiro atoms. The van der Waals surface area contributed by atoms with Crippen LogP contribution in [-0.2, 0) is 0 Å². The zero-order chi connectivity index (χ0) is 13.4. The average Bonchev–Trinajstić information content (AvgIpc) is 2.85. The van der Waals surface area contributed by atoms with Crippen molar-refractivity contribution in [1.82, 2.24) is 9.80 Å². The van der Waals surface area contributed by atoms with E-state index < -0.39 is 0 Å². The van der Waals surface area contributed by atoms with Crippen molar-refractivity contribution in [3.63, 3.8) is 0 Å². The molecule has 4 heteroatoms. The van der Waals surface area contributed by atoms with E-state index in [0.29, 0.717) is 6.04 Å². The van der Waals surface area contributed by atoms with Gasteiger partial charge in [0.1, 0.15) is 0 Å². The number of benzene rings is 1. The van der Waals surface area contributed by atoms with Crippen LogP contribution in [0.3, 0.4) is 0 Å². The van der Waals surface area contributed by atoms with Gasteiger partial charge in [0.15, 0.2) is 0 Å². The number of carbonyl (C=O) groups excluding carboxylic acids is 1. The average molecular weight is 323 g/mol. The second-order valence-electron chi connectivity index (χ2n) is 5.57. The molecule has 0 saturated carbocycles. The van der Waals surface area contributed by atoms with Gasteiger partial charge in [-0.05, 0) is 59.9 Å². The molecule has 0 aliphatic carbocycles. The van der Waals surface area contributed by atoms with Crippen molar-refractivity contribution in [3.8, 4) is 0 Å². The van der Waals surface area contributed by atoms with E-state index in [4.69, 9.17) is 0 Å². The van der Waals surface area contributed by atoms with Crippen LogP contribution in [0.15, 0.2) is 22.7 Å². The largest absolute Gasteiger partial charge is 0.336 e. The first-order valence-electron chi connectivity index (χ1n) is 6.94. The van der Waals surface area contributed by atoms with Crippen molar-refractivity contribution >= 4 is 21.8 Å². The van der Waals surface area contributed by atoms with Crippen molar-refractivity contribution in [2.24, 2.45) is 0 Å². The lowest BCUT2D eigenvalue weighted by Gasteiger charge is -2.37. The number of hydrogen-bond acceptors (Lipinski definition) is 2. The fourth-order valence-corrected chi connectivity index (χ4v) is 3.80. The molecule has 0 bridgehead atoms. The topological polar surface area (TPSA) is 23.6 Å². The van der Waals surface area contributed by atoms with Crippen molar-refractivity contribution in [3.05, 3.63) is 33.8 Å². The summed E-state index contributed by atoms with van der Waals surface area (Å²) in [5.74, 6) is 0.165. The van der Waals surface area contributed by atoms with Gasteiger partial charge >= 0.3 is 0 Å². The number of nitrogens with zero attached hydrogens (tertiary/aromatic N) is 2. The number of fused-ring (bicyclic) bond motifs is 1. The summed E-state index contributed by atoms with van der Waals surface area (Å²) in [5, 5.41) is 0. The lowest BCUT2D eigenvalue weighted by molar-refractivity contribution is 0.0570. The van der Waals surface area contributed by atoms with E-state index in [1.54, 1.807) is 0 Å². The van der Waals surface area contributed by atoms with Crippen LogP contribution in [0.2, 0.25) is 0 Å². The fraction of sp³-hybridized carbons (Fsp3) is 0.533. The SMILES string of the molecule is Cc1ccc(C(=O)N2CCN3CCCC3C2)c(Br)c1. The van der Waals surface area contributed by atoms with Gasteiger partial charge in [0.2, 0.25) is 0 Å². The third-order valence-corrected chi connectivity index (χ3v) is 4.89. The first-order chi connectivity index (χ1) is 9.15. The highest BCUT2D eigenvalue weighted by Gasteiger charge is 2.33. The Bertz CT molecular complexity index is 503. The van der Waals surface area contributed by atoms with Gasteiger partial charge in [-0.3, -0.25) is 9.69 Å². The molecule has 2 heterocycles. The maximum absolute atomic E-state index is 12.6. The molecule has 2 saturated heterocycles. The Morgan fingerprint density at radius 1 is 1.32 bits per heavy atom. The van der Waals surface area contributed by atoms with E-state index in [0.717, 1.165) is 29.7 Å². The molecule has 1 aromatic rings. The molecule has 19 heavy (non-hydrogen) atoms. The number of rotatable bonds is 1. The monoisotopic (exact) mass is 322 g/mol. The van der Waals surface area contributed by atoms with Gasteiger partial charge in [-0.15, -0.1) is 0 Å². The number of amides is 1. The highest BCUT2D eigenvalue weighted by molar-refractivity contribution is 9.10. The van der Waals surface area contributed by atoms with Crippen molar-refractivity contribution < 1.29 is 4.79 Å². The zero-order valence-electron chi connectivity index (χ0n) is 11.2. The molecule has 0 aromatic heterocycles. The maximum atomic E-state index is 12.6. The smallest absolute Gasteiger partial charge is 0.255 e. The van der Waals surface area contributed by atoms with E-state index in [1.165, 1.54) is 24.9 Å². The summed E-state index contributed by atoms with van der Waals surface area (Å²) < 4.78 is 0.909. The number of halogens is 1. The van der Waals surface area contributed by atoms with Crippen LogP contribution in [0.4, 0.5) is 0 Å². The molecule has 1 atom stereocenters. The predicted octanol–water partition coefficient (Wildman–Crippen LogP) is 2.68. The van der Waals surface area contributed by atoms with Crippen molar-refractivity contribution in [2.45, 2.75) is 25.8 Å². The number of piperazine rings is 1. The summed E-state index contributed by atoms with van der Waals surface area (Å²) in [6, 6.07) is 6.54. The molecule has 0 N–H and O–H groups in total. The second kappa shape index (κ2) is 5.25. The van der Waals surface area contributed by atoms with Crippen molar-refractivity contribution in [2.75, 3.05) is 26.2 Å². The van der Waals surface area contributed by atoms with Gasteiger partial charge < -0.3 is 4.90 Å². The van der Waals surface area contributed by atoms with Crippen LogP contribution in [0, 0.1) is 6.92 Å². The highest BCUT2D eigenvalue weighted by Crippen LogP contribution is 2.25. The fourth-order valence-electron chi connectivity index (χ4n) is 3.14.